The van der Waals surface area contributed by atoms with Gasteiger partial charge in [-0.1, -0.05) is 34.1 Å². The summed E-state index contributed by atoms with van der Waals surface area (Å²) < 4.78 is 26.5. The highest BCUT2D eigenvalue weighted by Gasteiger charge is 2.17. The Bertz CT molecular complexity index is 516. The molecular formula is C9H10BrClN2O2S. The van der Waals surface area contributed by atoms with Crippen molar-refractivity contribution in [1.82, 2.24) is 4.72 Å². The van der Waals surface area contributed by atoms with E-state index in [1.54, 1.807) is 6.07 Å². The van der Waals surface area contributed by atoms with Crippen LogP contribution in [0.3, 0.4) is 0 Å². The average molecular weight is 326 g/mol. The van der Waals surface area contributed by atoms with Gasteiger partial charge in [0.25, 0.3) is 0 Å². The number of hydrogen-bond donors (Lipinski definition) is 2. The van der Waals surface area contributed by atoms with Crippen molar-refractivity contribution in [3.05, 3.63) is 34.3 Å². The van der Waals surface area contributed by atoms with Crippen LogP contribution in [0.5, 0.6) is 0 Å². The van der Waals surface area contributed by atoms with Gasteiger partial charge in [0.2, 0.25) is 10.0 Å². The van der Waals surface area contributed by atoms with Gasteiger partial charge < -0.3 is 5.73 Å². The first-order valence-electron chi connectivity index (χ1n) is 4.21. The molecule has 1 aromatic rings. The molecular weight excluding hydrogens is 316 g/mol. The summed E-state index contributed by atoms with van der Waals surface area (Å²) in [6, 6.07) is 4.59. The Hall–Kier alpha value is -0.560. The van der Waals surface area contributed by atoms with Crippen molar-refractivity contribution in [3.63, 3.8) is 0 Å². The molecule has 0 saturated heterocycles. The van der Waals surface area contributed by atoms with Crippen molar-refractivity contribution >= 4 is 43.2 Å². The maximum absolute atomic E-state index is 11.8. The van der Waals surface area contributed by atoms with Crippen LogP contribution in [0, 0.1) is 0 Å². The van der Waals surface area contributed by atoms with Crippen LogP contribution in [0.2, 0.25) is 0 Å². The van der Waals surface area contributed by atoms with Crippen LogP contribution >= 0.6 is 27.5 Å². The zero-order valence-corrected chi connectivity index (χ0v) is 11.4. The quantitative estimate of drug-likeness (QED) is 0.832. The van der Waals surface area contributed by atoms with E-state index < -0.39 is 10.0 Å². The summed E-state index contributed by atoms with van der Waals surface area (Å²) in [6.45, 7) is 3.36. The number of halogens is 2. The molecule has 1 aromatic carbocycles. The lowest BCUT2D eigenvalue weighted by atomic mass is 10.3. The smallest absolute Gasteiger partial charge is 0.242 e. The number of hydrogen-bond acceptors (Lipinski definition) is 3. The number of benzene rings is 1. The van der Waals surface area contributed by atoms with Crippen molar-refractivity contribution in [2.45, 2.75) is 4.90 Å². The van der Waals surface area contributed by atoms with E-state index in [9.17, 15) is 8.42 Å². The molecule has 7 heteroatoms. The molecule has 0 radical (unpaired) electrons. The number of nitrogens with one attached hydrogen (secondary N) is 1. The molecule has 0 heterocycles. The van der Waals surface area contributed by atoms with Crippen LogP contribution in [-0.4, -0.2) is 15.0 Å². The fourth-order valence-corrected chi connectivity index (χ4v) is 2.83. The summed E-state index contributed by atoms with van der Waals surface area (Å²) in [6.07, 6.45) is 0. The Morgan fingerprint density at radius 1 is 1.56 bits per heavy atom. The van der Waals surface area contributed by atoms with E-state index in [1.807, 2.05) is 0 Å². The summed E-state index contributed by atoms with van der Waals surface area (Å²) in [5.74, 6) is 0. The molecule has 3 N–H and O–H groups in total. The van der Waals surface area contributed by atoms with Gasteiger partial charge in [-0.3, -0.25) is 0 Å². The van der Waals surface area contributed by atoms with Crippen LogP contribution in [0.15, 0.2) is 39.2 Å². The summed E-state index contributed by atoms with van der Waals surface area (Å²) in [7, 11) is -3.66. The van der Waals surface area contributed by atoms with Gasteiger partial charge in [0.05, 0.1) is 5.69 Å². The Morgan fingerprint density at radius 2 is 2.19 bits per heavy atom. The molecule has 0 bridgehead atoms. The van der Waals surface area contributed by atoms with Gasteiger partial charge in [0, 0.05) is 16.0 Å². The fourth-order valence-electron chi connectivity index (χ4n) is 0.992. The Labute approximate surface area is 108 Å². The van der Waals surface area contributed by atoms with Crippen LogP contribution in [0.25, 0.3) is 0 Å². The molecule has 0 amide bonds. The largest absolute Gasteiger partial charge is 0.398 e. The third kappa shape index (κ3) is 3.48. The minimum absolute atomic E-state index is 0.0137. The summed E-state index contributed by atoms with van der Waals surface area (Å²) in [4.78, 5) is 0.0137. The van der Waals surface area contributed by atoms with Gasteiger partial charge in [-0.25, -0.2) is 13.1 Å². The average Bonchev–Trinajstić information content (AvgIpc) is 2.19. The molecule has 0 aromatic heterocycles. The van der Waals surface area contributed by atoms with Crippen molar-refractivity contribution in [3.8, 4) is 0 Å². The van der Waals surface area contributed by atoms with E-state index in [0.29, 0.717) is 4.47 Å². The number of sulfonamides is 1. The van der Waals surface area contributed by atoms with Gasteiger partial charge in [-0.2, -0.15) is 0 Å². The van der Waals surface area contributed by atoms with Crippen LogP contribution < -0.4 is 10.5 Å². The second kappa shape index (κ2) is 5.18. The monoisotopic (exact) mass is 324 g/mol. The van der Waals surface area contributed by atoms with E-state index in [-0.39, 0.29) is 22.2 Å². The number of nitrogen functional groups attached to an aromatic ring is 1. The maximum Gasteiger partial charge on any atom is 0.242 e. The van der Waals surface area contributed by atoms with E-state index in [0.717, 1.165) is 0 Å². The first-order chi connectivity index (χ1) is 7.33. The van der Waals surface area contributed by atoms with Gasteiger partial charge in [-0.05, 0) is 18.2 Å². The predicted octanol–water partition coefficient (Wildman–Crippen LogP) is 2.06. The van der Waals surface area contributed by atoms with Crippen molar-refractivity contribution in [2.24, 2.45) is 0 Å². The van der Waals surface area contributed by atoms with Crippen LogP contribution in [0.4, 0.5) is 5.69 Å². The molecule has 0 aliphatic rings. The maximum atomic E-state index is 11.8. The number of nitrogens with two attached hydrogens (primary N) is 1. The number of rotatable bonds is 4. The minimum atomic E-state index is -3.66. The first kappa shape index (κ1) is 13.5. The lowest BCUT2D eigenvalue weighted by molar-refractivity contribution is 0.585. The van der Waals surface area contributed by atoms with E-state index in [4.69, 9.17) is 17.3 Å². The lowest BCUT2D eigenvalue weighted by Gasteiger charge is -2.08. The van der Waals surface area contributed by atoms with Crippen molar-refractivity contribution in [2.75, 3.05) is 12.3 Å². The Morgan fingerprint density at radius 3 is 2.75 bits per heavy atom. The zero-order chi connectivity index (χ0) is 12.3. The molecule has 4 nitrogen and oxygen atoms in total. The molecule has 0 saturated carbocycles. The minimum Gasteiger partial charge on any atom is -0.398 e. The molecule has 0 atom stereocenters. The lowest BCUT2D eigenvalue weighted by Crippen LogP contribution is -2.25. The molecule has 16 heavy (non-hydrogen) atoms. The van der Waals surface area contributed by atoms with Gasteiger partial charge in [0.1, 0.15) is 4.90 Å². The molecule has 88 valence electrons. The third-order valence-corrected chi connectivity index (χ3v) is 3.80. The molecule has 1 rings (SSSR count). The predicted molar refractivity (Wildman–Crippen MR) is 68.7 cm³/mol. The Balaban J connectivity index is 3.07. The standard InChI is InChI=1S/C9H10BrClN2O2S/c1-6(11)5-13-16(14,15)9-4-7(10)2-3-8(9)12/h2-4,13H,1,5,12H2. The van der Waals surface area contributed by atoms with E-state index >= 15 is 0 Å². The normalized spacial score (nSPS) is 11.4. The van der Waals surface area contributed by atoms with E-state index in [2.05, 4.69) is 27.2 Å². The zero-order valence-electron chi connectivity index (χ0n) is 8.20. The van der Waals surface area contributed by atoms with Gasteiger partial charge in [0.15, 0.2) is 0 Å². The molecule has 0 aliphatic carbocycles. The van der Waals surface area contributed by atoms with Crippen LogP contribution in [-0.2, 0) is 10.0 Å². The fraction of sp³-hybridized carbons (Fsp3) is 0.111. The first-order valence-corrected chi connectivity index (χ1v) is 6.86. The van der Waals surface area contributed by atoms with E-state index in [1.165, 1.54) is 12.1 Å². The molecule has 0 fully saturated rings. The highest BCUT2D eigenvalue weighted by Crippen LogP contribution is 2.22. The summed E-state index contributed by atoms with van der Waals surface area (Å²) in [5.41, 5.74) is 5.76. The third-order valence-electron chi connectivity index (χ3n) is 1.72. The SMILES string of the molecule is C=C(Cl)CNS(=O)(=O)c1cc(Br)ccc1N. The summed E-state index contributed by atoms with van der Waals surface area (Å²) >= 11 is 8.66. The van der Waals surface area contributed by atoms with Crippen molar-refractivity contribution < 1.29 is 8.42 Å². The van der Waals surface area contributed by atoms with Gasteiger partial charge >= 0.3 is 0 Å². The highest BCUT2D eigenvalue weighted by atomic mass is 79.9. The molecule has 0 aliphatic heterocycles. The molecule has 0 unspecified atom stereocenters. The highest BCUT2D eigenvalue weighted by molar-refractivity contribution is 9.10. The Kier molecular flexibility index (Phi) is 4.37. The van der Waals surface area contributed by atoms with Crippen molar-refractivity contribution in [1.29, 1.82) is 0 Å². The second-order valence-corrected chi connectivity index (χ2v) is 6.21. The number of anilines is 1. The topological polar surface area (TPSA) is 72.2 Å². The summed E-state index contributed by atoms with van der Waals surface area (Å²) in [5, 5.41) is 0.206. The van der Waals surface area contributed by atoms with Gasteiger partial charge in [-0.15, -0.1) is 0 Å². The molecule has 0 spiro atoms. The second-order valence-electron chi connectivity index (χ2n) is 3.02. The van der Waals surface area contributed by atoms with Crippen LogP contribution in [0.1, 0.15) is 0 Å².